The van der Waals surface area contributed by atoms with Gasteiger partial charge in [-0.1, -0.05) is 27.2 Å². The van der Waals surface area contributed by atoms with Gasteiger partial charge in [-0.25, -0.2) is 0 Å². The molecule has 0 aliphatic carbocycles. The molecule has 0 radical (unpaired) electrons. The van der Waals surface area contributed by atoms with Crippen molar-refractivity contribution >= 4 is 0 Å². The summed E-state index contributed by atoms with van der Waals surface area (Å²) in [5.74, 6) is 0. The van der Waals surface area contributed by atoms with E-state index in [-0.39, 0.29) is 0 Å². The molecule has 3 nitrogen and oxygen atoms in total. The maximum atomic E-state index is 6.24. The number of hydrogen-bond acceptors (Lipinski definition) is 3. The molecule has 0 amide bonds. The number of nitrogens with one attached hydrogen (secondary N) is 1. The topological polar surface area (TPSA) is 24.5 Å². The molecular formula is C14H30N2O. The van der Waals surface area contributed by atoms with Crippen molar-refractivity contribution in [2.75, 3.05) is 26.7 Å². The van der Waals surface area contributed by atoms with Gasteiger partial charge in [-0.2, -0.15) is 0 Å². The molecule has 1 atom stereocenters. The predicted molar refractivity (Wildman–Crippen MR) is 73.4 cm³/mol. The second-order valence-corrected chi connectivity index (χ2v) is 5.61. The largest absolute Gasteiger partial charge is 0.374 e. The number of likely N-dealkylation sites (tertiary alicyclic amines) is 1. The second-order valence-electron chi connectivity index (χ2n) is 5.61. The van der Waals surface area contributed by atoms with Crippen molar-refractivity contribution in [3.8, 4) is 0 Å². The molecule has 1 saturated heterocycles. The quantitative estimate of drug-likeness (QED) is 0.741. The minimum absolute atomic E-state index is 0.399. The lowest BCUT2D eigenvalue weighted by Crippen LogP contribution is -2.40. The van der Waals surface area contributed by atoms with E-state index in [2.05, 4.69) is 38.0 Å². The maximum absolute atomic E-state index is 6.24. The molecule has 1 rings (SSSR count). The van der Waals surface area contributed by atoms with Crippen LogP contribution in [-0.4, -0.2) is 49.8 Å². The van der Waals surface area contributed by atoms with E-state index in [0.717, 1.165) is 6.54 Å². The van der Waals surface area contributed by atoms with Crippen LogP contribution in [0.3, 0.4) is 0 Å². The maximum Gasteiger partial charge on any atom is 0.0703 e. The molecule has 1 aliphatic heterocycles. The average Bonchev–Trinajstić information content (AvgIpc) is 2.29. The van der Waals surface area contributed by atoms with Gasteiger partial charge in [0.2, 0.25) is 0 Å². The molecule has 3 heteroatoms. The first-order valence-corrected chi connectivity index (χ1v) is 7.19. The number of nitrogens with zero attached hydrogens (tertiary/aromatic N) is 1. The van der Waals surface area contributed by atoms with Crippen molar-refractivity contribution in [2.45, 2.75) is 64.7 Å². The molecule has 0 aromatic heterocycles. The summed E-state index contributed by atoms with van der Waals surface area (Å²) in [6.45, 7) is 9.98. The highest BCUT2D eigenvalue weighted by molar-refractivity contribution is 4.73. The fraction of sp³-hybridized carbons (Fsp3) is 1.00. The highest BCUT2D eigenvalue weighted by atomic mass is 16.5. The molecule has 1 aliphatic rings. The Morgan fingerprint density at radius 3 is 2.47 bits per heavy atom. The summed E-state index contributed by atoms with van der Waals surface area (Å²) in [6.07, 6.45) is 5.65. The minimum atomic E-state index is 0.399. The van der Waals surface area contributed by atoms with E-state index in [4.69, 9.17) is 4.74 Å². The van der Waals surface area contributed by atoms with Gasteiger partial charge in [0.1, 0.15) is 0 Å². The number of piperidine rings is 1. The molecular weight excluding hydrogens is 212 g/mol. The van der Waals surface area contributed by atoms with E-state index >= 15 is 0 Å². The van der Waals surface area contributed by atoms with E-state index in [1.807, 2.05) is 0 Å². The highest BCUT2D eigenvalue weighted by Gasteiger charge is 2.20. The van der Waals surface area contributed by atoms with Crippen LogP contribution in [0.2, 0.25) is 0 Å². The third-order valence-electron chi connectivity index (χ3n) is 3.41. The van der Waals surface area contributed by atoms with E-state index in [0.29, 0.717) is 18.2 Å². The minimum Gasteiger partial charge on any atom is -0.374 e. The van der Waals surface area contributed by atoms with Crippen LogP contribution >= 0.6 is 0 Å². The normalized spacial score (nSPS) is 21.0. The lowest BCUT2D eigenvalue weighted by molar-refractivity contribution is -0.0425. The van der Waals surface area contributed by atoms with Crippen molar-refractivity contribution in [3.05, 3.63) is 0 Å². The molecule has 1 heterocycles. The van der Waals surface area contributed by atoms with Gasteiger partial charge in [-0.15, -0.1) is 0 Å². The molecule has 0 bridgehead atoms. The first-order chi connectivity index (χ1) is 8.11. The van der Waals surface area contributed by atoms with Gasteiger partial charge >= 0.3 is 0 Å². The number of hydrogen-bond donors (Lipinski definition) is 1. The van der Waals surface area contributed by atoms with Gasteiger partial charge in [0.15, 0.2) is 0 Å². The Kier molecular flexibility index (Phi) is 7.09. The summed E-state index contributed by atoms with van der Waals surface area (Å²) in [5.41, 5.74) is 0. The summed E-state index contributed by atoms with van der Waals surface area (Å²) in [6, 6.07) is 0.551. The van der Waals surface area contributed by atoms with Crippen LogP contribution in [0.15, 0.2) is 0 Å². The molecule has 0 aromatic rings. The number of rotatable bonds is 7. The molecule has 0 saturated carbocycles. The van der Waals surface area contributed by atoms with E-state index < -0.39 is 0 Å². The van der Waals surface area contributed by atoms with Crippen LogP contribution in [0.25, 0.3) is 0 Å². The SMILES string of the molecule is CCCC(CNC(C)C)OC1CCN(C)CC1. The molecule has 102 valence electrons. The standard InChI is InChI=1S/C14H30N2O/c1-5-6-14(11-15-12(2)3)17-13-7-9-16(4)10-8-13/h12-15H,5-11H2,1-4H3. The molecule has 1 fully saturated rings. The summed E-state index contributed by atoms with van der Waals surface area (Å²) >= 11 is 0. The predicted octanol–water partition coefficient (Wildman–Crippen LogP) is 2.26. The summed E-state index contributed by atoms with van der Waals surface area (Å²) in [5, 5.41) is 3.49. The highest BCUT2D eigenvalue weighted by Crippen LogP contribution is 2.16. The van der Waals surface area contributed by atoms with Crippen LogP contribution in [0.1, 0.15) is 46.5 Å². The van der Waals surface area contributed by atoms with Gasteiger partial charge < -0.3 is 15.0 Å². The third-order valence-corrected chi connectivity index (χ3v) is 3.41. The Morgan fingerprint density at radius 2 is 1.94 bits per heavy atom. The van der Waals surface area contributed by atoms with Gasteiger partial charge in [0.05, 0.1) is 12.2 Å². The lowest BCUT2D eigenvalue weighted by atomic mass is 10.1. The monoisotopic (exact) mass is 242 g/mol. The Labute approximate surface area is 107 Å². The Balaban J connectivity index is 2.27. The zero-order valence-corrected chi connectivity index (χ0v) is 12.0. The fourth-order valence-corrected chi connectivity index (χ4v) is 2.30. The first-order valence-electron chi connectivity index (χ1n) is 7.19. The summed E-state index contributed by atoms with van der Waals surface area (Å²) < 4.78 is 6.24. The van der Waals surface area contributed by atoms with Crippen LogP contribution < -0.4 is 5.32 Å². The third kappa shape index (κ3) is 6.39. The smallest absolute Gasteiger partial charge is 0.0703 e. The Hall–Kier alpha value is -0.120. The van der Waals surface area contributed by atoms with Crippen LogP contribution in [0, 0.1) is 0 Å². The van der Waals surface area contributed by atoms with Gasteiger partial charge in [0, 0.05) is 25.7 Å². The van der Waals surface area contributed by atoms with Crippen LogP contribution in [-0.2, 0) is 4.74 Å². The van der Waals surface area contributed by atoms with E-state index in [9.17, 15) is 0 Å². The summed E-state index contributed by atoms with van der Waals surface area (Å²) in [7, 11) is 2.19. The van der Waals surface area contributed by atoms with E-state index in [1.165, 1.54) is 38.8 Å². The van der Waals surface area contributed by atoms with Crippen molar-refractivity contribution < 1.29 is 4.74 Å². The molecule has 17 heavy (non-hydrogen) atoms. The Morgan fingerprint density at radius 1 is 1.29 bits per heavy atom. The van der Waals surface area contributed by atoms with Crippen LogP contribution in [0.4, 0.5) is 0 Å². The molecule has 1 N–H and O–H groups in total. The van der Waals surface area contributed by atoms with Crippen molar-refractivity contribution in [1.29, 1.82) is 0 Å². The van der Waals surface area contributed by atoms with Crippen molar-refractivity contribution in [1.82, 2.24) is 10.2 Å². The molecule has 0 spiro atoms. The summed E-state index contributed by atoms with van der Waals surface area (Å²) in [4.78, 5) is 2.39. The first kappa shape index (κ1) is 14.9. The van der Waals surface area contributed by atoms with Gasteiger partial charge in [-0.3, -0.25) is 0 Å². The van der Waals surface area contributed by atoms with Crippen LogP contribution in [0.5, 0.6) is 0 Å². The van der Waals surface area contributed by atoms with Gasteiger partial charge in [0.25, 0.3) is 0 Å². The molecule has 1 unspecified atom stereocenters. The second kappa shape index (κ2) is 8.06. The average molecular weight is 242 g/mol. The molecule has 0 aromatic carbocycles. The van der Waals surface area contributed by atoms with Crippen molar-refractivity contribution in [3.63, 3.8) is 0 Å². The zero-order valence-electron chi connectivity index (χ0n) is 12.0. The fourth-order valence-electron chi connectivity index (χ4n) is 2.30. The lowest BCUT2D eigenvalue weighted by Gasteiger charge is -2.32. The van der Waals surface area contributed by atoms with Crippen molar-refractivity contribution in [2.24, 2.45) is 0 Å². The zero-order chi connectivity index (χ0) is 12.7. The Bertz CT molecular complexity index is 189. The van der Waals surface area contributed by atoms with Gasteiger partial charge in [-0.05, 0) is 26.3 Å². The van der Waals surface area contributed by atoms with E-state index in [1.54, 1.807) is 0 Å². The number of ether oxygens (including phenoxy) is 1.